The van der Waals surface area contributed by atoms with E-state index in [1.165, 1.54) is 6.08 Å². The lowest BCUT2D eigenvalue weighted by molar-refractivity contribution is -0.112. The number of nitrogens with zero attached hydrogens (tertiary/aromatic N) is 2. The standard InChI is InChI=1S/C20H19N3O4/c1-25-16-10-8-15(12-17(16)26-2)9-11-18(24)21-20-23-22-19(27-20)13-14-6-4-3-5-7-14/h3-12H,13H2,1-2H3,(H,21,23,24). The Bertz CT molecular complexity index is 935. The zero-order valence-corrected chi connectivity index (χ0v) is 15.0. The first kappa shape index (κ1) is 18.2. The van der Waals surface area contributed by atoms with Gasteiger partial charge in [-0.2, -0.15) is 0 Å². The maximum Gasteiger partial charge on any atom is 0.322 e. The highest BCUT2D eigenvalue weighted by Crippen LogP contribution is 2.27. The molecule has 1 aromatic heterocycles. The Kier molecular flexibility index (Phi) is 5.84. The van der Waals surface area contributed by atoms with E-state index >= 15 is 0 Å². The summed E-state index contributed by atoms with van der Waals surface area (Å²) in [6, 6.07) is 15.2. The zero-order valence-electron chi connectivity index (χ0n) is 15.0. The Labute approximate surface area is 156 Å². The lowest BCUT2D eigenvalue weighted by Crippen LogP contribution is -2.07. The highest BCUT2D eigenvalue weighted by molar-refractivity contribution is 6.00. The van der Waals surface area contributed by atoms with Gasteiger partial charge in [0.2, 0.25) is 5.89 Å². The molecule has 3 rings (SSSR count). The van der Waals surface area contributed by atoms with Crippen molar-refractivity contribution in [1.29, 1.82) is 0 Å². The summed E-state index contributed by atoms with van der Waals surface area (Å²) in [4.78, 5) is 12.0. The second-order valence-electron chi connectivity index (χ2n) is 5.60. The zero-order chi connectivity index (χ0) is 19.1. The molecule has 0 aliphatic carbocycles. The molecule has 0 bridgehead atoms. The van der Waals surface area contributed by atoms with Crippen molar-refractivity contribution in [2.75, 3.05) is 19.5 Å². The van der Waals surface area contributed by atoms with Crippen molar-refractivity contribution < 1.29 is 18.7 Å². The van der Waals surface area contributed by atoms with Crippen molar-refractivity contribution in [1.82, 2.24) is 10.2 Å². The van der Waals surface area contributed by atoms with E-state index in [2.05, 4.69) is 15.5 Å². The number of amides is 1. The van der Waals surface area contributed by atoms with Crippen LogP contribution in [0.5, 0.6) is 11.5 Å². The fourth-order valence-corrected chi connectivity index (χ4v) is 2.42. The summed E-state index contributed by atoms with van der Waals surface area (Å²) >= 11 is 0. The third-order valence-corrected chi connectivity index (χ3v) is 3.73. The maximum absolute atomic E-state index is 12.0. The van der Waals surface area contributed by atoms with Crippen LogP contribution in [0, 0.1) is 0 Å². The van der Waals surface area contributed by atoms with Crippen LogP contribution in [-0.4, -0.2) is 30.3 Å². The van der Waals surface area contributed by atoms with Gasteiger partial charge in [0.15, 0.2) is 11.5 Å². The molecule has 0 fully saturated rings. The number of methoxy groups -OCH3 is 2. The first-order valence-electron chi connectivity index (χ1n) is 8.25. The number of ether oxygens (including phenoxy) is 2. The molecular formula is C20H19N3O4. The fraction of sp³-hybridized carbons (Fsp3) is 0.150. The number of hydrogen-bond acceptors (Lipinski definition) is 6. The summed E-state index contributed by atoms with van der Waals surface area (Å²) in [5.74, 6) is 1.26. The molecular weight excluding hydrogens is 346 g/mol. The molecule has 2 aromatic carbocycles. The molecule has 27 heavy (non-hydrogen) atoms. The van der Waals surface area contributed by atoms with Crippen LogP contribution < -0.4 is 14.8 Å². The van der Waals surface area contributed by atoms with Crippen molar-refractivity contribution in [3.63, 3.8) is 0 Å². The quantitative estimate of drug-likeness (QED) is 0.646. The predicted octanol–water partition coefficient (Wildman–Crippen LogP) is 3.33. The van der Waals surface area contributed by atoms with E-state index < -0.39 is 0 Å². The number of hydrogen-bond donors (Lipinski definition) is 1. The molecule has 1 N–H and O–H groups in total. The van der Waals surface area contributed by atoms with Crippen LogP contribution >= 0.6 is 0 Å². The van der Waals surface area contributed by atoms with Gasteiger partial charge in [0.1, 0.15) is 0 Å². The summed E-state index contributed by atoms with van der Waals surface area (Å²) in [6.07, 6.45) is 3.53. The molecule has 0 atom stereocenters. The second-order valence-corrected chi connectivity index (χ2v) is 5.60. The van der Waals surface area contributed by atoms with Gasteiger partial charge < -0.3 is 13.9 Å². The maximum atomic E-state index is 12.0. The summed E-state index contributed by atoms with van der Waals surface area (Å²) in [6.45, 7) is 0. The number of aromatic nitrogens is 2. The molecule has 0 unspecified atom stereocenters. The number of rotatable bonds is 7. The van der Waals surface area contributed by atoms with E-state index in [9.17, 15) is 4.79 Å². The van der Waals surface area contributed by atoms with E-state index in [1.54, 1.807) is 32.4 Å². The van der Waals surface area contributed by atoms with Gasteiger partial charge >= 0.3 is 6.01 Å². The van der Waals surface area contributed by atoms with Crippen molar-refractivity contribution in [2.45, 2.75) is 6.42 Å². The van der Waals surface area contributed by atoms with E-state index in [-0.39, 0.29) is 11.9 Å². The van der Waals surface area contributed by atoms with Gasteiger partial charge in [0, 0.05) is 6.08 Å². The molecule has 3 aromatic rings. The lowest BCUT2D eigenvalue weighted by atomic mass is 10.2. The Morgan fingerprint density at radius 3 is 2.59 bits per heavy atom. The van der Waals surface area contributed by atoms with Crippen LogP contribution in [0.15, 0.2) is 59.0 Å². The number of benzene rings is 2. The first-order valence-corrected chi connectivity index (χ1v) is 8.25. The summed E-state index contributed by atoms with van der Waals surface area (Å²) in [7, 11) is 3.12. The smallest absolute Gasteiger partial charge is 0.322 e. The molecule has 0 saturated carbocycles. The van der Waals surface area contributed by atoms with Gasteiger partial charge in [-0.1, -0.05) is 41.5 Å². The fourth-order valence-electron chi connectivity index (χ4n) is 2.42. The largest absolute Gasteiger partial charge is 0.493 e. The SMILES string of the molecule is COc1ccc(C=CC(=O)Nc2nnc(Cc3ccccc3)o2)cc1OC. The third-order valence-electron chi connectivity index (χ3n) is 3.73. The molecule has 0 aliphatic heterocycles. The third kappa shape index (κ3) is 4.94. The van der Waals surface area contributed by atoms with Gasteiger partial charge in [-0.3, -0.25) is 10.1 Å². The normalized spacial score (nSPS) is 10.7. The van der Waals surface area contributed by atoms with E-state index in [1.807, 2.05) is 36.4 Å². The van der Waals surface area contributed by atoms with Gasteiger partial charge in [0.05, 0.1) is 20.6 Å². The van der Waals surface area contributed by atoms with Crippen LogP contribution in [0.4, 0.5) is 6.01 Å². The molecule has 0 aliphatic rings. The average Bonchev–Trinajstić information content (AvgIpc) is 3.13. The predicted molar refractivity (Wildman–Crippen MR) is 101 cm³/mol. The van der Waals surface area contributed by atoms with Crippen LogP contribution in [0.2, 0.25) is 0 Å². The lowest BCUT2D eigenvalue weighted by Gasteiger charge is -2.07. The molecule has 0 spiro atoms. The first-order chi connectivity index (χ1) is 13.2. The minimum atomic E-state index is -0.375. The number of carbonyl (C=O) groups is 1. The highest BCUT2D eigenvalue weighted by atomic mass is 16.5. The highest BCUT2D eigenvalue weighted by Gasteiger charge is 2.09. The van der Waals surface area contributed by atoms with Crippen LogP contribution in [0.25, 0.3) is 6.08 Å². The van der Waals surface area contributed by atoms with Gasteiger partial charge in [-0.25, -0.2) is 0 Å². The molecule has 7 heteroatoms. The minimum absolute atomic E-state index is 0.0582. The average molecular weight is 365 g/mol. The molecule has 1 heterocycles. The molecule has 1 amide bonds. The van der Waals surface area contributed by atoms with Crippen molar-refractivity contribution in [2.24, 2.45) is 0 Å². The Hall–Kier alpha value is -3.61. The molecule has 138 valence electrons. The van der Waals surface area contributed by atoms with E-state index in [0.717, 1.165) is 11.1 Å². The van der Waals surface area contributed by atoms with Crippen LogP contribution in [0.1, 0.15) is 17.0 Å². The summed E-state index contributed by atoms with van der Waals surface area (Å²) in [5.41, 5.74) is 1.84. The van der Waals surface area contributed by atoms with Gasteiger partial charge in [-0.15, -0.1) is 5.10 Å². The van der Waals surface area contributed by atoms with E-state index in [4.69, 9.17) is 13.9 Å². The Morgan fingerprint density at radius 1 is 1.07 bits per heavy atom. The molecule has 0 saturated heterocycles. The van der Waals surface area contributed by atoms with Gasteiger partial charge in [-0.05, 0) is 29.3 Å². The van der Waals surface area contributed by atoms with E-state index in [0.29, 0.717) is 23.8 Å². The van der Waals surface area contributed by atoms with Gasteiger partial charge in [0.25, 0.3) is 5.91 Å². The van der Waals surface area contributed by atoms with Crippen molar-refractivity contribution >= 4 is 18.0 Å². The molecule has 7 nitrogen and oxygen atoms in total. The van der Waals surface area contributed by atoms with Crippen molar-refractivity contribution in [3.8, 4) is 11.5 Å². The number of nitrogens with one attached hydrogen (secondary N) is 1. The summed E-state index contributed by atoms with van der Waals surface area (Å²) < 4.78 is 15.9. The van der Waals surface area contributed by atoms with Crippen molar-refractivity contribution in [3.05, 3.63) is 71.6 Å². The minimum Gasteiger partial charge on any atom is -0.493 e. The Balaban J connectivity index is 1.60. The number of carbonyl (C=O) groups excluding carboxylic acids is 1. The van der Waals surface area contributed by atoms with Crippen LogP contribution in [0.3, 0.4) is 0 Å². The second kappa shape index (κ2) is 8.66. The molecule has 0 radical (unpaired) electrons. The monoisotopic (exact) mass is 365 g/mol. The topological polar surface area (TPSA) is 86.5 Å². The number of anilines is 1. The summed E-state index contributed by atoms with van der Waals surface area (Å²) in [5, 5.41) is 10.3. The van der Waals surface area contributed by atoms with Crippen LogP contribution in [-0.2, 0) is 11.2 Å². The Morgan fingerprint density at radius 2 is 1.85 bits per heavy atom.